The minimum Gasteiger partial charge on any atom is -0.497 e. The lowest BCUT2D eigenvalue weighted by Crippen LogP contribution is -2.13. The second-order valence-corrected chi connectivity index (χ2v) is 7.11. The lowest BCUT2D eigenvalue weighted by Gasteiger charge is -2.22. The molecule has 0 fully saturated rings. The van der Waals surface area contributed by atoms with E-state index in [0.29, 0.717) is 0 Å². The zero-order chi connectivity index (χ0) is 16.8. The fourth-order valence-corrected chi connectivity index (χ4v) is 3.09. The first-order chi connectivity index (χ1) is 10.8. The Hall–Kier alpha value is -2.29. The van der Waals surface area contributed by atoms with Gasteiger partial charge in [-0.15, -0.1) is 0 Å². The van der Waals surface area contributed by atoms with Gasteiger partial charge in [0.25, 0.3) is 0 Å². The fraction of sp³-hybridized carbons (Fsp3) is 0.350. The summed E-state index contributed by atoms with van der Waals surface area (Å²) in [5.74, 6) is 0.937. The maximum atomic E-state index is 12.5. The lowest BCUT2D eigenvalue weighted by molar-refractivity contribution is -0.133. The molecule has 3 heteroatoms. The number of carbonyl (C=O) groups excluding carboxylic acids is 1. The predicted octanol–water partition coefficient (Wildman–Crippen LogP) is 4.35. The van der Waals surface area contributed by atoms with E-state index in [4.69, 9.17) is 9.47 Å². The molecule has 0 radical (unpaired) electrons. The molecular weight excluding hydrogens is 288 g/mol. The predicted molar refractivity (Wildman–Crippen MR) is 90.4 cm³/mol. The van der Waals surface area contributed by atoms with Crippen LogP contribution in [0, 0.1) is 6.92 Å². The Labute approximate surface area is 137 Å². The largest absolute Gasteiger partial charge is 0.497 e. The molecule has 2 aromatic carbocycles. The molecule has 0 aliphatic carbocycles. The summed E-state index contributed by atoms with van der Waals surface area (Å²) in [5.41, 5.74) is 4.04. The molecule has 2 aromatic rings. The van der Waals surface area contributed by atoms with Crippen LogP contribution in [0.3, 0.4) is 0 Å². The third-order valence-corrected chi connectivity index (χ3v) is 4.27. The molecule has 1 aliphatic heterocycles. The molecule has 1 atom stereocenters. The topological polar surface area (TPSA) is 35.5 Å². The maximum absolute atomic E-state index is 12.5. The Morgan fingerprint density at radius 1 is 1.09 bits per heavy atom. The maximum Gasteiger partial charge on any atom is 0.323 e. The molecular formula is C20H22O3. The van der Waals surface area contributed by atoms with Crippen LogP contribution < -0.4 is 9.47 Å². The smallest absolute Gasteiger partial charge is 0.323 e. The summed E-state index contributed by atoms with van der Waals surface area (Å²) in [7, 11) is 1.63. The Kier molecular flexibility index (Phi) is 3.67. The van der Waals surface area contributed by atoms with Crippen molar-refractivity contribution in [1.29, 1.82) is 0 Å². The number of ether oxygens (including phenoxy) is 2. The van der Waals surface area contributed by atoms with Gasteiger partial charge < -0.3 is 9.47 Å². The van der Waals surface area contributed by atoms with Gasteiger partial charge in [0, 0.05) is 11.1 Å². The van der Waals surface area contributed by atoms with Crippen molar-refractivity contribution >= 4 is 5.97 Å². The highest BCUT2D eigenvalue weighted by Gasteiger charge is 2.38. The van der Waals surface area contributed by atoms with Crippen LogP contribution in [0.15, 0.2) is 36.4 Å². The zero-order valence-electron chi connectivity index (χ0n) is 14.3. The van der Waals surface area contributed by atoms with Crippen molar-refractivity contribution in [1.82, 2.24) is 0 Å². The summed E-state index contributed by atoms with van der Waals surface area (Å²) in [6, 6.07) is 11.8. The van der Waals surface area contributed by atoms with Gasteiger partial charge in [-0.05, 0) is 30.0 Å². The standard InChI is InChI=1S/C20H22O3/c1-12-10-15-17(13-6-8-14(22-5)9-7-13)19(21)23-18(15)16(11-12)20(2,3)4/h6-11,17H,1-5H3/t17-/m0/s1. The number of esters is 1. The van der Waals surface area contributed by atoms with Crippen LogP contribution in [0.4, 0.5) is 0 Å². The van der Waals surface area contributed by atoms with E-state index < -0.39 is 0 Å². The number of hydrogen-bond donors (Lipinski definition) is 0. The first-order valence-electron chi connectivity index (χ1n) is 7.82. The second-order valence-electron chi connectivity index (χ2n) is 7.11. The van der Waals surface area contributed by atoms with Gasteiger partial charge in [0.1, 0.15) is 17.4 Å². The molecule has 3 nitrogen and oxygen atoms in total. The molecule has 0 bridgehead atoms. The molecule has 3 rings (SSSR count). The van der Waals surface area contributed by atoms with Crippen molar-refractivity contribution in [2.75, 3.05) is 7.11 Å². The number of aryl methyl sites for hydroxylation is 1. The summed E-state index contributed by atoms with van der Waals surface area (Å²) in [6.45, 7) is 8.47. The van der Waals surface area contributed by atoms with Crippen molar-refractivity contribution in [2.45, 2.75) is 39.0 Å². The van der Waals surface area contributed by atoms with Gasteiger partial charge in [0.15, 0.2) is 0 Å². The van der Waals surface area contributed by atoms with Crippen LogP contribution in [0.1, 0.15) is 48.9 Å². The molecule has 0 saturated carbocycles. The number of benzene rings is 2. The van der Waals surface area contributed by atoms with Crippen LogP contribution in [0.5, 0.6) is 11.5 Å². The van der Waals surface area contributed by atoms with Gasteiger partial charge in [-0.3, -0.25) is 4.79 Å². The molecule has 0 unspecified atom stereocenters. The molecule has 0 aromatic heterocycles. The number of hydrogen-bond acceptors (Lipinski definition) is 3. The first kappa shape index (κ1) is 15.6. The summed E-state index contributed by atoms with van der Waals surface area (Å²) < 4.78 is 10.9. The van der Waals surface area contributed by atoms with Gasteiger partial charge >= 0.3 is 5.97 Å². The van der Waals surface area contributed by atoms with Crippen LogP contribution in [0.2, 0.25) is 0 Å². The minimum absolute atomic E-state index is 0.0782. The van der Waals surface area contributed by atoms with Gasteiger partial charge in [-0.1, -0.05) is 50.6 Å². The van der Waals surface area contributed by atoms with Crippen LogP contribution in [0.25, 0.3) is 0 Å². The number of fused-ring (bicyclic) bond motifs is 1. The molecule has 23 heavy (non-hydrogen) atoms. The number of carbonyl (C=O) groups is 1. The number of rotatable bonds is 2. The molecule has 1 aliphatic rings. The molecule has 1 heterocycles. The average Bonchev–Trinajstić information content (AvgIpc) is 2.81. The summed E-state index contributed by atoms with van der Waals surface area (Å²) in [4.78, 5) is 12.5. The van der Waals surface area contributed by atoms with E-state index >= 15 is 0 Å². The molecule has 120 valence electrons. The van der Waals surface area contributed by atoms with Crippen molar-refractivity contribution in [3.05, 3.63) is 58.7 Å². The Bertz CT molecular complexity index is 752. The van der Waals surface area contributed by atoms with Crippen LogP contribution >= 0.6 is 0 Å². The highest BCUT2D eigenvalue weighted by molar-refractivity contribution is 5.90. The molecule has 0 N–H and O–H groups in total. The van der Waals surface area contributed by atoms with Crippen molar-refractivity contribution in [3.63, 3.8) is 0 Å². The van der Waals surface area contributed by atoms with E-state index in [1.165, 1.54) is 0 Å². The third-order valence-electron chi connectivity index (χ3n) is 4.27. The quantitative estimate of drug-likeness (QED) is 0.611. The van der Waals surface area contributed by atoms with E-state index in [9.17, 15) is 4.79 Å². The Morgan fingerprint density at radius 2 is 1.74 bits per heavy atom. The normalized spacial score (nSPS) is 16.9. The summed E-state index contributed by atoms with van der Waals surface area (Å²) in [5, 5.41) is 0. The fourth-order valence-electron chi connectivity index (χ4n) is 3.09. The third kappa shape index (κ3) is 2.72. The first-order valence-corrected chi connectivity index (χ1v) is 7.82. The van der Waals surface area contributed by atoms with E-state index in [1.54, 1.807) is 7.11 Å². The van der Waals surface area contributed by atoms with E-state index in [2.05, 4.69) is 39.8 Å². The van der Waals surface area contributed by atoms with Crippen molar-refractivity contribution in [3.8, 4) is 11.5 Å². The second kappa shape index (κ2) is 5.41. The molecule has 0 saturated heterocycles. The van der Waals surface area contributed by atoms with Gasteiger partial charge in [0.2, 0.25) is 0 Å². The van der Waals surface area contributed by atoms with Crippen LogP contribution in [-0.2, 0) is 10.2 Å². The van der Waals surface area contributed by atoms with Gasteiger partial charge in [0.05, 0.1) is 7.11 Å². The summed E-state index contributed by atoms with van der Waals surface area (Å²) >= 11 is 0. The van der Waals surface area contributed by atoms with E-state index in [-0.39, 0.29) is 17.3 Å². The van der Waals surface area contributed by atoms with Gasteiger partial charge in [-0.2, -0.15) is 0 Å². The van der Waals surface area contributed by atoms with Crippen molar-refractivity contribution in [2.24, 2.45) is 0 Å². The SMILES string of the molecule is COc1ccc([C@@H]2C(=O)Oc3c2cc(C)cc3C(C)(C)C)cc1. The van der Waals surface area contributed by atoms with E-state index in [1.807, 2.05) is 24.3 Å². The summed E-state index contributed by atoms with van der Waals surface area (Å²) in [6.07, 6.45) is 0. The average molecular weight is 310 g/mol. The molecule has 0 amide bonds. The zero-order valence-corrected chi connectivity index (χ0v) is 14.3. The van der Waals surface area contributed by atoms with Crippen LogP contribution in [-0.4, -0.2) is 13.1 Å². The Balaban J connectivity index is 2.13. The monoisotopic (exact) mass is 310 g/mol. The van der Waals surface area contributed by atoms with E-state index in [0.717, 1.165) is 33.8 Å². The Morgan fingerprint density at radius 3 is 2.30 bits per heavy atom. The molecule has 0 spiro atoms. The highest BCUT2D eigenvalue weighted by atomic mass is 16.5. The minimum atomic E-state index is -0.364. The van der Waals surface area contributed by atoms with Crippen molar-refractivity contribution < 1.29 is 14.3 Å². The lowest BCUT2D eigenvalue weighted by atomic mass is 9.82. The number of methoxy groups -OCH3 is 1. The highest BCUT2D eigenvalue weighted by Crippen LogP contribution is 2.45. The van der Waals surface area contributed by atoms with Gasteiger partial charge in [-0.25, -0.2) is 0 Å².